The van der Waals surface area contributed by atoms with Crippen LogP contribution in [-0.4, -0.2) is 41.1 Å². The van der Waals surface area contributed by atoms with Gasteiger partial charge in [0.1, 0.15) is 5.75 Å². The zero-order chi connectivity index (χ0) is 16.2. The van der Waals surface area contributed by atoms with Crippen molar-refractivity contribution < 1.29 is 9.53 Å². The van der Waals surface area contributed by atoms with Crippen LogP contribution in [0.5, 0.6) is 5.75 Å². The molecule has 1 aliphatic rings. The van der Waals surface area contributed by atoms with E-state index in [9.17, 15) is 4.79 Å². The number of rotatable bonds is 4. The standard InChI is InChI=1S/C15H18ClN5O2/c1-23-14-8-10(2-3-12(14)16)18-15(22)13-9-21(20-19-13)11-4-6-17-7-5-11/h2-3,8-9,11,17H,4-7H2,1H3,(H,18,22). The average Bonchev–Trinajstić information content (AvgIpc) is 3.07. The third-order valence-corrected chi connectivity index (χ3v) is 4.15. The highest BCUT2D eigenvalue weighted by molar-refractivity contribution is 6.32. The molecule has 122 valence electrons. The quantitative estimate of drug-likeness (QED) is 0.894. The zero-order valence-electron chi connectivity index (χ0n) is 12.8. The summed E-state index contributed by atoms with van der Waals surface area (Å²) < 4.78 is 6.91. The van der Waals surface area contributed by atoms with Crippen molar-refractivity contribution in [3.63, 3.8) is 0 Å². The number of hydrogen-bond acceptors (Lipinski definition) is 5. The van der Waals surface area contributed by atoms with Crippen LogP contribution in [0.3, 0.4) is 0 Å². The van der Waals surface area contributed by atoms with Crippen molar-refractivity contribution in [2.75, 3.05) is 25.5 Å². The molecule has 7 nitrogen and oxygen atoms in total. The van der Waals surface area contributed by atoms with Gasteiger partial charge in [0.2, 0.25) is 0 Å². The number of amides is 1. The van der Waals surface area contributed by atoms with Crippen LogP contribution < -0.4 is 15.4 Å². The van der Waals surface area contributed by atoms with Gasteiger partial charge < -0.3 is 15.4 Å². The van der Waals surface area contributed by atoms with Crippen LogP contribution in [0, 0.1) is 0 Å². The maximum atomic E-state index is 12.3. The summed E-state index contributed by atoms with van der Waals surface area (Å²) in [7, 11) is 1.53. The Kier molecular flexibility index (Phi) is 4.78. The molecular formula is C15H18ClN5O2. The average molecular weight is 336 g/mol. The molecule has 1 fully saturated rings. The molecule has 1 saturated heterocycles. The second-order valence-electron chi connectivity index (χ2n) is 5.37. The topological polar surface area (TPSA) is 81.1 Å². The molecule has 0 atom stereocenters. The lowest BCUT2D eigenvalue weighted by Crippen LogP contribution is -2.29. The van der Waals surface area contributed by atoms with E-state index in [1.807, 2.05) is 0 Å². The smallest absolute Gasteiger partial charge is 0.277 e. The number of aromatic nitrogens is 3. The van der Waals surface area contributed by atoms with E-state index in [4.69, 9.17) is 16.3 Å². The summed E-state index contributed by atoms with van der Waals surface area (Å²) in [5.41, 5.74) is 0.880. The fourth-order valence-corrected chi connectivity index (χ4v) is 2.76. The molecule has 1 aliphatic heterocycles. The molecule has 2 aromatic rings. The first-order valence-electron chi connectivity index (χ1n) is 7.45. The van der Waals surface area contributed by atoms with Crippen molar-refractivity contribution in [2.45, 2.75) is 18.9 Å². The van der Waals surface area contributed by atoms with Crippen molar-refractivity contribution in [1.82, 2.24) is 20.3 Å². The lowest BCUT2D eigenvalue weighted by atomic mass is 10.1. The van der Waals surface area contributed by atoms with Gasteiger partial charge in [0.25, 0.3) is 5.91 Å². The highest BCUT2D eigenvalue weighted by Crippen LogP contribution is 2.27. The van der Waals surface area contributed by atoms with Crippen LogP contribution in [0.15, 0.2) is 24.4 Å². The maximum Gasteiger partial charge on any atom is 0.277 e. The number of hydrogen-bond donors (Lipinski definition) is 2. The Labute approximate surface area is 139 Å². The molecule has 0 aliphatic carbocycles. The third kappa shape index (κ3) is 3.62. The molecule has 1 amide bonds. The Bertz CT molecular complexity index is 697. The first kappa shape index (κ1) is 15.8. The maximum absolute atomic E-state index is 12.3. The number of halogens is 1. The Morgan fingerprint density at radius 1 is 1.43 bits per heavy atom. The predicted octanol–water partition coefficient (Wildman–Crippen LogP) is 2.12. The van der Waals surface area contributed by atoms with Crippen molar-refractivity contribution in [3.05, 3.63) is 35.1 Å². The molecule has 0 spiro atoms. The minimum atomic E-state index is -0.311. The molecule has 8 heteroatoms. The van der Waals surface area contributed by atoms with E-state index in [0.717, 1.165) is 25.9 Å². The number of nitrogens with one attached hydrogen (secondary N) is 2. The van der Waals surface area contributed by atoms with E-state index in [0.29, 0.717) is 22.5 Å². The van der Waals surface area contributed by atoms with E-state index in [1.165, 1.54) is 7.11 Å². The van der Waals surface area contributed by atoms with Crippen molar-refractivity contribution in [1.29, 1.82) is 0 Å². The van der Waals surface area contributed by atoms with Gasteiger partial charge in [-0.05, 0) is 38.1 Å². The molecule has 1 aromatic carbocycles. The Hall–Kier alpha value is -2.12. The van der Waals surface area contributed by atoms with Crippen LogP contribution in [0.25, 0.3) is 0 Å². The van der Waals surface area contributed by atoms with Gasteiger partial charge in [-0.15, -0.1) is 5.10 Å². The van der Waals surface area contributed by atoms with Gasteiger partial charge in [-0.3, -0.25) is 4.79 Å². The summed E-state index contributed by atoms with van der Waals surface area (Å²) in [6.45, 7) is 1.91. The minimum Gasteiger partial charge on any atom is -0.495 e. The predicted molar refractivity (Wildman–Crippen MR) is 87.1 cm³/mol. The summed E-state index contributed by atoms with van der Waals surface area (Å²) in [4.78, 5) is 12.3. The number of carbonyl (C=O) groups is 1. The van der Waals surface area contributed by atoms with E-state index in [1.54, 1.807) is 29.1 Å². The van der Waals surface area contributed by atoms with Gasteiger partial charge in [0.05, 0.1) is 24.4 Å². The largest absolute Gasteiger partial charge is 0.495 e. The summed E-state index contributed by atoms with van der Waals surface area (Å²) in [5, 5.41) is 14.6. The SMILES string of the molecule is COc1cc(NC(=O)c2cn(C3CCNCC3)nn2)ccc1Cl. The van der Waals surface area contributed by atoms with Crippen LogP contribution in [-0.2, 0) is 0 Å². The fraction of sp³-hybridized carbons (Fsp3) is 0.400. The van der Waals surface area contributed by atoms with E-state index in [2.05, 4.69) is 20.9 Å². The summed E-state index contributed by atoms with van der Waals surface area (Å²) in [5.74, 6) is 0.192. The number of benzene rings is 1. The van der Waals surface area contributed by atoms with Crippen molar-refractivity contribution in [3.8, 4) is 5.75 Å². The zero-order valence-corrected chi connectivity index (χ0v) is 13.5. The van der Waals surface area contributed by atoms with Crippen LogP contribution in [0.4, 0.5) is 5.69 Å². The summed E-state index contributed by atoms with van der Waals surface area (Å²) >= 11 is 5.97. The first-order chi connectivity index (χ1) is 11.2. The first-order valence-corrected chi connectivity index (χ1v) is 7.82. The van der Waals surface area contributed by atoms with Gasteiger partial charge >= 0.3 is 0 Å². The molecule has 0 unspecified atom stereocenters. The lowest BCUT2D eigenvalue weighted by molar-refractivity contribution is 0.102. The number of carbonyl (C=O) groups excluding carboxylic acids is 1. The van der Waals surface area contributed by atoms with Gasteiger partial charge in [0.15, 0.2) is 5.69 Å². The molecule has 1 aromatic heterocycles. The van der Waals surface area contributed by atoms with E-state index in [-0.39, 0.29) is 11.6 Å². The van der Waals surface area contributed by atoms with Gasteiger partial charge in [0, 0.05) is 11.8 Å². The highest BCUT2D eigenvalue weighted by atomic mass is 35.5. The minimum absolute atomic E-state index is 0.289. The number of ether oxygens (including phenoxy) is 1. The number of methoxy groups -OCH3 is 1. The van der Waals surface area contributed by atoms with Crippen molar-refractivity contribution in [2.24, 2.45) is 0 Å². The number of piperidine rings is 1. The van der Waals surface area contributed by atoms with Gasteiger partial charge in [-0.1, -0.05) is 16.8 Å². The monoisotopic (exact) mass is 335 g/mol. The Balaban J connectivity index is 1.70. The molecule has 23 heavy (non-hydrogen) atoms. The number of anilines is 1. The fourth-order valence-electron chi connectivity index (χ4n) is 2.56. The lowest BCUT2D eigenvalue weighted by Gasteiger charge is -2.22. The molecule has 2 N–H and O–H groups in total. The highest BCUT2D eigenvalue weighted by Gasteiger charge is 2.19. The van der Waals surface area contributed by atoms with Crippen LogP contribution in [0.2, 0.25) is 5.02 Å². The van der Waals surface area contributed by atoms with Gasteiger partial charge in [-0.25, -0.2) is 4.68 Å². The molecule has 3 rings (SSSR count). The Morgan fingerprint density at radius 3 is 2.96 bits per heavy atom. The van der Waals surface area contributed by atoms with Crippen molar-refractivity contribution >= 4 is 23.2 Å². The molecular weight excluding hydrogens is 318 g/mol. The van der Waals surface area contributed by atoms with Gasteiger partial charge in [-0.2, -0.15) is 0 Å². The molecule has 0 saturated carbocycles. The molecule has 0 radical (unpaired) electrons. The summed E-state index contributed by atoms with van der Waals surface area (Å²) in [6.07, 6.45) is 3.66. The molecule has 0 bridgehead atoms. The van der Waals surface area contributed by atoms with E-state index < -0.39 is 0 Å². The second-order valence-corrected chi connectivity index (χ2v) is 5.78. The second kappa shape index (κ2) is 6.97. The third-order valence-electron chi connectivity index (χ3n) is 3.83. The molecule has 2 heterocycles. The van der Waals surface area contributed by atoms with Crippen LogP contribution >= 0.6 is 11.6 Å². The number of nitrogens with zero attached hydrogens (tertiary/aromatic N) is 3. The normalized spacial score (nSPS) is 15.4. The van der Waals surface area contributed by atoms with Crippen LogP contribution in [0.1, 0.15) is 29.4 Å². The Morgan fingerprint density at radius 2 is 2.22 bits per heavy atom. The summed E-state index contributed by atoms with van der Waals surface area (Å²) in [6, 6.07) is 5.33. The van der Waals surface area contributed by atoms with E-state index >= 15 is 0 Å².